The quantitative estimate of drug-likeness (QED) is 0.590. The SMILES string of the molecule is COC1CCC(N2CC=CC2)C(N(C)C(=O)Cc2ccc(Br)c(Br)c2)C1. The van der Waals surface area contributed by atoms with Crippen LogP contribution in [-0.2, 0) is 16.0 Å². The lowest BCUT2D eigenvalue weighted by atomic mass is 9.86. The maximum atomic E-state index is 13.0. The van der Waals surface area contributed by atoms with E-state index in [9.17, 15) is 4.79 Å². The van der Waals surface area contributed by atoms with Gasteiger partial charge in [0.1, 0.15) is 0 Å². The molecule has 6 heteroatoms. The maximum Gasteiger partial charge on any atom is 0.227 e. The van der Waals surface area contributed by atoms with E-state index in [-0.39, 0.29) is 18.1 Å². The van der Waals surface area contributed by atoms with Crippen LogP contribution in [0.15, 0.2) is 39.3 Å². The van der Waals surface area contributed by atoms with E-state index in [1.807, 2.05) is 30.1 Å². The number of nitrogens with zero attached hydrogens (tertiary/aromatic N) is 2. The summed E-state index contributed by atoms with van der Waals surface area (Å²) in [6, 6.07) is 6.59. The van der Waals surface area contributed by atoms with Gasteiger partial charge in [0.15, 0.2) is 0 Å². The Balaban J connectivity index is 1.71. The summed E-state index contributed by atoms with van der Waals surface area (Å²) in [7, 11) is 3.73. The predicted octanol–water partition coefficient (Wildman–Crippen LogP) is 4.02. The minimum absolute atomic E-state index is 0.165. The topological polar surface area (TPSA) is 32.8 Å². The lowest BCUT2D eigenvalue weighted by Gasteiger charge is -2.44. The van der Waals surface area contributed by atoms with Crippen LogP contribution in [-0.4, -0.2) is 61.1 Å². The fourth-order valence-corrected chi connectivity index (χ4v) is 4.72. The first-order valence-corrected chi connectivity index (χ1v) is 10.7. The van der Waals surface area contributed by atoms with Crippen molar-refractivity contribution in [2.75, 3.05) is 27.2 Å². The Morgan fingerprint density at radius 2 is 1.96 bits per heavy atom. The van der Waals surface area contributed by atoms with Crippen molar-refractivity contribution in [3.05, 3.63) is 44.9 Å². The van der Waals surface area contributed by atoms with Crippen LogP contribution in [0, 0.1) is 0 Å². The highest BCUT2D eigenvalue weighted by Crippen LogP contribution is 2.30. The second kappa shape index (κ2) is 9.00. The molecule has 1 aromatic carbocycles. The van der Waals surface area contributed by atoms with E-state index in [1.54, 1.807) is 7.11 Å². The highest BCUT2D eigenvalue weighted by Gasteiger charge is 2.38. The normalized spacial score (nSPS) is 26.2. The van der Waals surface area contributed by atoms with E-state index in [2.05, 4.69) is 48.9 Å². The molecule has 1 aliphatic heterocycles. The molecule has 26 heavy (non-hydrogen) atoms. The minimum atomic E-state index is 0.165. The zero-order chi connectivity index (χ0) is 18.7. The minimum Gasteiger partial charge on any atom is -0.381 e. The molecule has 0 radical (unpaired) electrons. The van der Waals surface area contributed by atoms with Gasteiger partial charge in [-0.05, 0) is 68.8 Å². The van der Waals surface area contributed by atoms with Gasteiger partial charge < -0.3 is 9.64 Å². The van der Waals surface area contributed by atoms with Gasteiger partial charge in [0.25, 0.3) is 0 Å². The molecule has 0 bridgehead atoms. The third kappa shape index (κ3) is 4.58. The van der Waals surface area contributed by atoms with Crippen LogP contribution in [0.2, 0.25) is 0 Å². The Labute approximate surface area is 172 Å². The molecule has 3 rings (SSSR count). The summed E-state index contributed by atoms with van der Waals surface area (Å²) in [4.78, 5) is 17.4. The molecule has 1 fully saturated rings. The molecule has 1 amide bonds. The molecule has 1 saturated carbocycles. The Morgan fingerprint density at radius 1 is 1.23 bits per heavy atom. The number of halogens is 2. The van der Waals surface area contributed by atoms with Gasteiger partial charge in [-0.15, -0.1) is 0 Å². The maximum absolute atomic E-state index is 13.0. The van der Waals surface area contributed by atoms with Crippen molar-refractivity contribution in [3.8, 4) is 0 Å². The fourth-order valence-electron chi connectivity index (χ4n) is 4.05. The van der Waals surface area contributed by atoms with Gasteiger partial charge >= 0.3 is 0 Å². The Bertz CT molecular complexity index is 672. The molecule has 1 aliphatic carbocycles. The lowest BCUT2D eigenvalue weighted by molar-refractivity contribution is -0.134. The molecule has 142 valence electrons. The number of hydrogen-bond acceptors (Lipinski definition) is 3. The van der Waals surface area contributed by atoms with Crippen molar-refractivity contribution in [1.29, 1.82) is 0 Å². The summed E-state index contributed by atoms with van der Waals surface area (Å²) < 4.78 is 7.60. The molecular weight excluding hydrogens is 460 g/mol. The average molecular weight is 486 g/mol. The number of likely N-dealkylation sites (N-methyl/N-ethyl adjacent to an activating group) is 1. The smallest absolute Gasteiger partial charge is 0.227 e. The summed E-state index contributed by atoms with van der Waals surface area (Å²) >= 11 is 7.00. The predicted molar refractivity (Wildman–Crippen MR) is 111 cm³/mol. The molecule has 1 aromatic rings. The standard InChI is InChI=1S/C20H26Br2N2O2/c1-23(20(25)12-14-5-7-16(21)17(22)11-14)19-13-15(26-2)6-8-18(19)24-9-3-4-10-24/h3-5,7,11,15,18-19H,6,8-10,12-13H2,1-2H3. The van der Waals surface area contributed by atoms with E-state index in [4.69, 9.17) is 4.74 Å². The van der Waals surface area contributed by atoms with Crippen molar-refractivity contribution in [1.82, 2.24) is 9.80 Å². The van der Waals surface area contributed by atoms with Crippen LogP contribution >= 0.6 is 31.9 Å². The van der Waals surface area contributed by atoms with E-state index in [1.165, 1.54) is 0 Å². The molecule has 4 nitrogen and oxygen atoms in total. The number of rotatable bonds is 5. The second-order valence-corrected chi connectivity index (χ2v) is 8.87. The van der Waals surface area contributed by atoms with Gasteiger partial charge in [-0.25, -0.2) is 0 Å². The monoisotopic (exact) mass is 484 g/mol. The van der Waals surface area contributed by atoms with Crippen molar-refractivity contribution < 1.29 is 9.53 Å². The number of hydrogen-bond donors (Lipinski definition) is 0. The van der Waals surface area contributed by atoms with Gasteiger partial charge in [0, 0.05) is 48.3 Å². The first-order valence-electron chi connectivity index (χ1n) is 9.11. The van der Waals surface area contributed by atoms with E-state index in [0.717, 1.165) is 46.9 Å². The van der Waals surface area contributed by atoms with Gasteiger partial charge in [-0.3, -0.25) is 9.69 Å². The zero-order valence-electron chi connectivity index (χ0n) is 15.3. The Kier molecular flexibility index (Phi) is 6.94. The number of amides is 1. The van der Waals surface area contributed by atoms with Gasteiger partial charge in [-0.2, -0.15) is 0 Å². The number of benzene rings is 1. The van der Waals surface area contributed by atoms with Crippen molar-refractivity contribution >= 4 is 37.8 Å². The molecule has 3 atom stereocenters. The summed E-state index contributed by atoms with van der Waals surface area (Å²) in [6.45, 7) is 1.97. The summed E-state index contributed by atoms with van der Waals surface area (Å²) in [5.41, 5.74) is 1.02. The van der Waals surface area contributed by atoms with Crippen LogP contribution in [0.5, 0.6) is 0 Å². The van der Waals surface area contributed by atoms with Crippen LogP contribution in [0.3, 0.4) is 0 Å². The zero-order valence-corrected chi connectivity index (χ0v) is 18.5. The first-order chi connectivity index (χ1) is 12.5. The van der Waals surface area contributed by atoms with Gasteiger partial charge in [0.05, 0.1) is 12.5 Å². The highest BCUT2D eigenvalue weighted by atomic mass is 79.9. The third-order valence-corrected chi connectivity index (χ3v) is 7.49. The summed E-state index contributed by atoms with van der Waals surface area (Å²) in [6.07, 6.45) is 8.15. The number of methoxy groups -OCH3 is 1. The van der Waals surface area contributed by atoms with Gasteiger partial charge in [0.2, 0.25) is 5.91 Å². The average Bonchev–Trinajstić information content (AvgIpc) is 3.18. The summed E-state index contributed by atoms with van der Waals surface area (Å²) in [5.74, 6) is 0.165. The van der Waals surface area contributed by atoms with Crippen molar-refractivity contribution in [2.45, 2.75) is 43.9 Å². The molecule has 0 saturated heterocycles. The molecular formula is C20H26Br2N2O2. The first kappa shape index (κ1) is 20.1. The Morgan fingerprint density at radius 3 is 2.62 bits per heavy atom. The number of carbonyl (C=O) groups excluding carboxylic acids is 1. The van der Waals surface area contributed by atoms with Crippen LogP contribution in [0.4, 0.5) is 0 Å². The van der Waals surface area contributed by atoms with Crippen molar-refractivity contribution in [3.63, 3.8) is 0 Å². The van der Waals surface area contributed by atoms with E-state index < -0.39 is 0 Å². The second-order valence-electron chi connectivity index (χ2n) is 7.16. The van der Waals surface area contributed by atoms with E-state index in [0.29, 0.717) is 12.5 Å². The molecule has 0 N–H and O–H groups in total. The Hall–Kier alpha value is -0.690. The molecule has 1 heterocycles. The van der Waals surface area contributed by atoms with E-state index >= 15 is 0 Å². The number of ether oxygens (including phenoxy) is 1. The molecule has 3 unspecified atom stereocenters. The third-order valence-electron chi connectivity index (χ3n) is 5.61. The fraction of sp³-hybridized carbons (Fsp3) is 0.550. The van der Waals surface area contributed by atoms with Crippen LogP contribution < -0.4 is 0 Å². The molecule has 0 aromatic heterocycles. The lowest BCUT2D eigenvalue weighted by Crippen LogP contribution is -2.55. The number of carbonyl (C=O) groups is 1. The largest absolute Gasteiger partial charge is 0.381 e. The van der Waals surface area contributed by atoms with Crippen LogP contribution in [0.1, 0.15) is 24.8 Å². The summed E-state index contributed by atoms with van der Waals surface area (Å²) in [5, 5.41) is 0. The highest BCUT2D eigenvalue weighted by molar-refractivity contribution is 9.13. The van der Waals surface area contributed by atoms with Crippen molar-refractivity contribution in [2.24, 2.45) is 0 Å². The molecule has 2 aliphatic rings. The van der Waals surface area contributed by atoms with Gasteiger partial charge in [-0.1, -0.05) is 18.2 Å². The molecule has 0 spiro atoms. The van der Waals surface area contributed by atoms with Crippen LogP contribution in [0.25, 0.3) is 0 Å².